The third-order valence-electron chi connectivity index (χ3n) is 1.48. The fourth-order valence-corrected chi connectivity index (χ4v) is 1.55. The molecule has 0 aromatic heterocycles. The minimum atomic E-state index is -1.03. The standard InChI is InChI=1S/C6H9IO4/c7-5-1-3(9)6(10)4(2-8)11-5/h1,3-4,6,8-10H,2H2/t3-,4-,6+/m1/s1. The van der Waals surface area contributed by atoms with Crippen LogP contribution in [-0.2, 0) is 4.74 Å². The lowest BCUT2D eigenvalue weighted by molar-refractivity contribution is -0.0824. The third kappa shape index (κ3) is 2.05. The lowest BCUT2D eigenvalue weighted by atomic mass is 10.1. The second-order valence-corrected chi connectivity index (χ2v) is 3.35. The van der Waals surface area contributed by atoms with Crippen molar-refractivity contribution in [2.75, 3.05) is 6.61 Å². The predicted molar refractivity (Wildman–Crippen MR) is 46.1 cm³/mol. The maximum Gasteiger partial charge on any atom is 0.156 e. The zero-order valence-corrected chi connectivity index (χ0v) is 7.80. The van der Waals surface area contributed by atoms with Crippen LogP contribution in [0.5, 0.6) is 0 Å². The summed E-state index contributed by atoms with van der Waals surface area (Å²) in [6.07, 6.45) is -1.27. The Balaban J connectivity index is 2.67. The van der Waals surface area contributed by atoms with Gasteiger partial charge in [-0.1, -0.05) is 0 Å². The first-order valence-corrected chi connectivity index (χ1v) is 4.24. The maximum absolute atomic E-state index is 9.17. The fourth-order valence-electron chi connectivity index (χ4n) is 0.852. The van der Waals surface area contributed by atoms with E-state index in [4.69, 9.17) is 14.9 Å². The van der Waals surface area contributed by atoms with Crippen LogP contribution in [0, 0.1) is 0 Å². The van der Waals surface area contributed by atoms with E-state index in [1.807, 2.05) is 22.6 Å². The summed E-state index contributed by atoms with van der Waals surface area (Å²) in [5, 5.41) is 27.0. The van der Waals surface area contributed by atoms with E-state index in [0.29, 0.717) is 3.77 Å². The fraction of sp³-hybridized carbons (Fsp3) is 0.667. The van der Waals surface area contributed by atoms with E-state index >= 15 is 0 Å². The van der Waals surface area contributed by atoms with Crippen molar-refractivity contribution in [1.82, 2.24) is 0 Å². The van der Waals surface area contributed by atoms with Crippen molar-refractivity contribution in [3.8, 4) is 0 Å². The Kier molecular flexibility index (Phi) is 3.11. The van der Waals surface area contributed by atoms with Gasteiger partial charge in [0, 0.05) is 0 Å². The van der Waals surface area contributed by atoms with Gasteiger partial charge in [0.25, 0.3) is 0 Å². The van der Waals surface area contributed by atoms with Crippen LogP contribution < -0.4 is 0 Å². The molecule has 1 heterocycles. The molecule has 0 saturated heterocycles. The number of hydrogen-bond donors (Lipinski definition) is 3. The van der Waals surface area contributed by atoms with Gasteiger partial charge in [-0.15, -0.1) is 0 Å². The normalized spacial score (nSPS) is 37.8. The largest absolute Gasteiger partial charge is 0.480 e. The Bertz CT molecular complexity index is 170. The van der Waals surface area contributed by atoms with Gasteiger partial charge in [0.05, 0.1) is 6.61 Å². The maximum atomic E-state index is 9.17. The SMILES string of the molecule is OC[C@H]1OC(I)=C[C@@H](O)[C@@H]1O. The highest BCUT2D eigenvalue weighted by atomic mass is 127. The molecule has 0 amide bonds. The summed E-state index contributed by atoms with van der Waals surface area (Å²) in [4.78, 5) is 0. The van der Waals surface area contributed by atoms with Crippen LogP contribution >= 0.6 is 22.6 Å². The molecule has 0 bridgehead atoms. The van der Waals surface area contributed by atoms with E-state index in [2.05, 4.69) is 0 Å². The molecular formula is C6H9IO4. The van der Waals surface area contributed by atoms with Crippen molar-refractivity contribution in [1.29, 1.82) is 0 Å². The van der Waals surface area contributed by atoms with E-state index in [9.17, 15) is 5.11 Å². The Hall–Kier alpha value is 0.150. The molecule has 0 unspecified atom stereocenters. The van der Waals surface area contributed by atoms with Crippen LogP contribution in [0.25, 0.3) is 0 Å². The van der Waals surface area contributed by atoms with Crippen LogP contribution in [-0.4, -0.2) is 40.2 Å². The highest BCUT2D eigenvalue weighted by Crippen LogP contribution is 2.21. The lowest BCUT2D eigenvalue weighted by Gasteiger charge is -2.28. The van der Waals surface area contributed by atoms with Gasteiger partial charge in [-0.2, -0.15) is 0 Å². The molecule has 3 N–H and O–H groups in total. The molecule has 1 rings (SSSR count). The monoisotopic (exact) mass is 272 g/mol. The molecule has 4 nitrogen and oxygen atoms in total. The molecule has 1 aliphatic rings. The highest BCUT2D eigenvalue weighted by Gasteiger charge is 2.30. The third-order valence-corrected chi connectivity index (χ3v) is 2.09. The van der Waals surface area contributed by atoms with Crippen LogP contribution in [0.3, 0.4) is 0 Å². The highest BCUT2D eigenvalue weighted by molar-refractivity contribution is 14.1. The number of halogens is 1. The van der Waals surface area contributed by atoms with Crippen molar-refractivity contribution < 1.29 is 20.1 Å². The summed E-state index contributed by atoms with van der Waals surface area (Å²) < 4.78 is 5.51. The summed E-state index contributed by atoms with van der Waals surface area (Å²) in [5.74, 6) is 0. The summed E-state index contributed by atoms with van der Waals surface area (Å²) in [6, 6.07) is 0. The van der Waals surface area contributed by atoms with Crippen LogP contribution in [0.15, 0.2) is 9.84 Å². The van der Waals surface area contributed by atoms with Crippen molar-refractivity contribution >= 4 is 22.6 Å². The Morgan fingerprint density at radius 2 is 2.18 bits per heavy atom. The van der Waals surface area contributed by atoms with E-state index < -0.39 is 18.3 Å². The molecule has 0 aliphatic carbocycles. The Labute approximate surface area is 77.6 Å². The van der Waals surface area contributed by atoms with Crippen molar-refractivity contribution in [2.24, 2.45) is 0 Å². The summed E-state index contributed by atoms with van der Waals surface area (Å²) >= 11 is 1.88. The average Bonchev–Trinajstić information content (AvgIpc) is 1.96. The smallest absolute Gasteiger partial charge is 0.156 e. The predicted octanol–water partition coefficient (Wildman–Crippen LogP) is -0.624. The number of aliphatic hydroxyl groups excluding tert-OH is 3. The Morgan fingerprint density at radius 3 is 2.73 bits per heavy atom. The number of hydrogen-bond acceptors (Lipinski definition) is 4. The topological polar surface area (TPSA) is 69.9 Å². The summed E-state index contributed by atoms with van der Waals surface area (Å²) in [5.41, 5.74) is 0. The zero-order chi connectivity index (χ0) is 8.43. The number of ether oxygens (including phenoxy) is 1. The van der Waals surface area contributed by atoms with Gasteiger partial charge in [0.1, 0.15) is 12.2 Å². The molecule has 11 heavy (non-hydrogen) atoms. The minimum Gasteiger partial charge on any atom is -0.480 e. The molecule has 0 aromatic rings. The van der Waals surface area contributed by atoms with Crippen molar-refractivity contribution in [3.63, 3.8) is 0 Å². The molecule has 0 spiro atoms. The van der Waals surface area contributed by atoms with E-state index in [1.54, 1.807) is 0 Å². The van der Waals surface area contributed by atoms with E-state index in [0.717, 1.165) is 0 Å². The lowest BCUT2D eigenvalue weighted by Crippen LogP contribution is -2.42. The number of rotatable bonds is 1. The van der Waals surface area contributed by atoms with Gasteiger partial charge < -0.3 is 20.1 Å². The van der Waals surface area contributed by atoms with Gasteiger partial charge >= 0.3 is 0 Å². The first kappa shape index (κ1) is 9.24. The van der Waals surface area contributed by atoms with Crippen LogP contribution in [0.1, 0.15) is 0 Å². The first-order chi connectivity index (χ1) is 5.15. The van der Waals surface area contributed by atoms with Crippen LogP contribution in [0.2, 0.25) is 0 Å². The molecule has 0 aromatic carbocycles. The van der Waals surface area contributed by atoms with Gasteiger partial charge in [0.15, 0.2) is 9.87 Å². The molecule has 0 fully saturated rings. The summed E-state index contributed by atoms with van der Waals surface area (Å²) in [6.45, 7) is -0.293. The van der Waals surface area contributed by atoms with Gasteiger partial charge in [-0.25, -0.2) is 0 Å². The van der Waals surface area contributed by atoms with Crippen molar-refractivity contribution in [3.05, 3.63) is 9.84 Å². The second-order valence-electron chi connectivity index (χ2n) is 2.29. The van der Waals surface area contributed by atoms with Crippen molar-refractivity contribution in [2.45, 2.75) is 18.3 Å². The molecule has 64 valence electrons. The quantitative estimate of drug-likeness (QED) is 0.556. The molecule has 1 aliphatic heterocycles. The molecular weight excluding hydrogens is 263 g/mol. The molecule has 3 atom stereocenters. The first-order valence-electron chi connectivity index (χ1n) is 3.16. The van der Waals surface area contributed by atoms with Gasteiger partial charge in [0.2, 0.25) is 0 Å². The van der Waals surface area contributed by atoms with E-state index in [-0.39, 0.29) is 6.61 Å². The Morgan fingerprint density at radius 1 is 1.55 bits per heavy atom. The molecule has 0 radical (unpaired) electrons. The minimum absolute atomic E-state index is 0.293. The van der Waals surface area contributed by atoms with Gasteiger partial charge in [-0.05, 0) is 28.7 Å². The molecule has 0 saturated carbocycles. The second kappa shape index (κ2) is 3.70. The average molecular weight is 272 g/mol. The van der Waals surface area contributed by atoms with E-state index in [1.165, 1.54) is 6.08 Å². The summed E-state index contributed by atoms with van der Waals surface area (Å²) in [7, 11) is 0. The number of aliphatic hydroxyl groups is 3. The zero-order valence-electron chi connectivity index (χ0n) is 5.64. The van der Waals surface area contributed by atoms with Gasteiger partial charge in [-0.3, -0.25) is 0 Å². The molecule has 5 heteroatoms. The van der Waals surface area contributed by atoms with Crippen LogP contribution in [0.4, 0.5) is 0 Å².